The summed E-state index contributed by atoms with van der Waals surface area (Å²) >= 11 is 0. The number of carbonyl (C=O) groups excluding carboxylic acids is 1. The van der Waals surface area contributed by atoms with E-state index in [-0.39, 0.29) is 24.7 Å². The van der Waals surface area contributed by atoms with E-state index in [9.17, 15) is 19.5 Å². The lowest BCUT2D eigenvalue weighted by atomic mass is 9.91. The van der Waals surface area contributed by atoms with Crippen molar-refractivity contribution in [1.29, 1.82) is 0 Å². The van der Waals surface area contributed by atoms with Crippen molar-refractivity contribution in [3.63, 3.8) is 0 Å². The fourth-order valence-corrected chi connectivity index (χ4v) is 4.63. The topological polar surface area (TPSA) is 107 Å². The number of benzene rings is 2. The number of nitrogens with one attached hydrogen (secondary N) is 1. The predicted molar refractivity (Wildman–Crippen MR) is 139 cm³/mol. The molecule has 0 saturated carbocycles. The van der Waals surface area contributed by atoms with Gasteiger partial charge in [-0.05, 0) is 48.2 Å². The molecule has 0 fully saturated rings. The molecule has 0 aliphatic carbocycles. The SMILES string of the molecule is CCCC[C@H](C(=O)N[C@@H](CC(=O)O)c1ccc2c(c1)OCO2)c1cc(C)cn(Cc2ccccc2)c1=O. The molecule has 2 atom stereocenters. The van der Waals surface area contributed by atoms with Crippen LogP contribution >= 0.6 is 0 Å². The smallest absolute Gasteiger partial charge is 0.305 e. The molecule has 0 saturated heterocycles. The average Bonchev–Trinajstić information content (AvgIpc) is 3.35. The van der Waals surface area contributed by atoms with Gasteiger partial charge in [0.15, 0.2) is 11.5 Å². The second-order valence-electron chi connectivity index (χ2n) is 9.36. The Balaban J connectivity index is 1.65. The van der Waals surface area contributed by atoms with Crippen LogP contribution in [0, 0.1) is 6.92 Å². The number of aryl methyl sites for hydroxylation is 1. The van der Waals surface area contributed by atoms with Crippen LogP contribution in [0.1, 0.15) is 66.8 Å². The highest BCUT2D eigenvalue weighted by Crippen LogP contribution is 2.35. The van der Waals surface area contributed by atoms with E-state index in [2.05, 4.69) is 5.32 Å². The van der Waals surface area contributed by atoms with Gasteiger partial charge < -0.3 is 24.5 Å². The second kappa shape index (κ2) is 11.8. The van der Waals surface area contributed by atoms with Crippen molar-refractivity contribution < 1.29 is 24.2 Å². The Labute approximate surface area is 215 Å². The van der Waals surface area contributed by atoms with Crippen LogP contribution in [0.3, 0.4) is 0 Å². The van der Waals surface area contributed by atoms with Crippen LogP contribution in [0.4, 0.5) is 0 Å². The quantitative estimate of drug-likeness (QED) is 0.397. The van der Waals surface area contributed by atoms with Crippen molar-refractivity contribution in [2.24, 2.45) is 0 Å². The second-order valence-corrected chi connectivity index (χ2v) is 9.36. The van der Waals surface area contributed by atoms with Crippen LogP contribution in [0.25, 0.3) is 0 Å². The van der Waals surface area contributed by atoms with Gasteiger partial charge in [0, 0.05) is 11.8 Å². The first kappa shape index (κ1) is 26.0. The number of hydrogen-bond acceptors (Lipinski definition) is 5. The Bertz CT molecular complexity index is 1320. The summed E-state index contributed by atoms with van der Waals surface area (Å²) in [4.78, 5) is 38.9. The third kappa shape index (κ3) is 6.39. The van der Waals surface area contributed by atoms with Gasteiger partial charge in [0.2, 0.25) is 12.7 Å². The van der Waals surface area contributed by atoms with Gasteiger partial charge in [-0.1, -0.05) is 56.2 Å². The van der Waals surface area contributed by atoms with Crippen LogP contribution in [0.5, 0.6) is 11.5 Å². The maximum Gasteiger partial charge on any atom is 0.305 e. The van der Waals surface area contributed by atoms with E-state index in [0.29, 0.717) is 35.6 Å². The van der Waals surface area contributed by atoms with E-state index >= 15 is 0 Å². The molecule has 0 unspecified atom stereocenters. The molecule has 37 heavy (non-hydrogen) atoms. The summed E-state index contributed by atoms with van der Waals surface area (Å²) in [5.41, 5.74) is 2.66. The zero-order valence-electron chi connectivity index (χ0n) is 21.1. The first-order valence-corrected chi connectivity index (χ1v) is 12.5. The van der Waals surface area contributed by atoms with Crippen molar-refractivity contribution in [1.82, 2.24) is 9.88 Å². The number of carboxylic acids is 1. The summed E-state index contributed by atoms with van der Waals surface area (Å²) < 4.78 is 12.4. The van der Waals surface area contributed by atoms with E-state index in [0.717, 1.165) is 24.0 Å². The van der Waals surface area contributed by atoms with Crippen molar-refractivity contribution in [3.05, 3.63) is 93.4 Å². The molecule has 4 rings (SSSR count). The molecule has 1 amide bonds. The number of carbonyl (C=O) groups is 2. The molecular weight excluding hydrogens is 472 g/mol. The number of aromatic nitrogens is 1. The normalized spacial score (nSPS) is 13.7. The number of rotatable bonds is 11. The summed E-state index contributed by atoms with van der Waals surface area (Å²) in [6, 6.07) is 15.8. The van der Waals surface area contributed by atoms with Crippen LogP contribution in [0.15, 0.2) is 65.6 Å². The molecule has 1 aromatic heterocycles. The van der Waals surface area contributed by atoms with E-state index in [4.69, 9.17) is 9.47 Å². The lowest BCUT2D eigenvalue weighted by molar-refractivity contribution is -0.137. The van der Waals surface area contributed by atoms with Crippen molar-refractivity contribution >= 4 is 11.9 Å². The third-order valence-electron chi connectivity index (χ3n) is 6.48. The first-order valence-electron chi connectivity index (χ1n) is 12.5. The van der Waals surface area contributed by atoms with Crippen LogP contribution in [-0.2, 0) is 16.1 Å². The summed E-state index contributed by atoms with van der Waals surface area (Å²) in [6.45, 7) is 4.42. The first-order chi connectivity index (χ1) is 17.9. The number of unbranched alkanes of at least 4 members (excludes halogenated alkanes) is 1. The van der Waals surface area contributed by atoms with Crippen molar-refractivity contribution in [2.45, 2.75) is 58.0 Å². The molecule has 2 N–H and O–H groups in total. The van der Waals surface area contributed by atoms with Crippen molar-refractivity contribution in [3.8, 4) is 11.5 Å². The average molecular weight is 505 g/mol. The van der Waals surface area contributed by atoms with Crippen LogP contribution < -0.4 is 20.3 Å². The minimum atomic E-state index is -1.05. The molecule has 0 bridgehead atoms. The predicted octanol–water partition coefficient (Wildman–Crippen LogP) is 4.54. The Kier molecular flexibility index (Phi) is 8.28. The molecule has 3 aromatic rings. The zero-order valence-corrected chi connectivity index (χ0v) is 21.1. The largest absolute Gasteiger partial charge is 0.481 e. The molecule has 2 aromatic carbocycles. The van der Waals surface area contributed by atoms with Gasteiger partial charge in [-0.2, -0.15) is 0 Å². The standard InChI is InChI=1S/C29H32N2O6/c1-3-4-10-22(23-13-19(2)16-31(29(23)35)17-20-8-6-5-7-9-20)28(34)30-24(15-27(32)33)21-11-12-25-26(14-21)37-18-36-25/h5-9,11-14,16,22,24H,3-4,10,15,17-18H2,1-2H3,(H,30,34)(H,32,33)/t22-,24-/m0/s1. The number of carboxylic acid groups (broad SMARTS) is 1. The van der Waals surface area contributed by atoms with Gasteiger partial charge in [-0.15, -0.1) is 0 Å². The van der Waals surface area contributed by atoms with Crippen LogP contribution in [0.2, 0.25) is 0 Å². The van der Waals surface area contributed by atoms with Gasteiger partial charge in [0.1, 0.15) is 0 Å². The Morgan fingerprint density at radius 1 is 1.08 bits per heavy atom. The van der Waals surface area contributed by atoms with Gasteiger partial charge >= 0.3 is 5.97 Å². The molecule has 0 radical (unpaired) electrons. The number of nitrogens with zero attached hydrogens (tertiary/aromatic N) is 1. The highest BCUT2D eigenvalue weighted by atomic mass is 16.7. The summed E-state index contributed by atoms with van der Waals surface area (Å²) in [5, 5.41) is 12.5. The lowest BCUT2D eigenvalue weighted by Crippen LogP contribution is -2.37. The number of amides is 1. The van der Waals surface area contributed by atoms with Crippen LogP contribution in [-0.4, -0.2) is 28.3 Å². The monoisotopic (exact) mass is 504 g/mol. The fourth-order valence-electron chi connectivity index (χ4n) is 4.63. The number of aliphatic carboxylic acids is 1. The van der Waals surface area contributed by atoms with E-state index in [1.54, 1.807) is 35.0 Å². The number of pyridine rings is 1. The molecular formula is C29H32N2O6. The minimum absolute atomic E-state index is 0.0937. The van der Waals surface area contributed by atoms with Gasteiger partial charge in [0.05, 0.1) is 24.9 Å². The summed E-state index contributed by atoms with van der Waals surface area (Å²) in [5.74, 6) is -1.05. The number of hydrogen-bond donors (Lipinski definition) is 2. The molecule has 1 aliphatic rings. The van der Waals surface area contributed by atoms with E-state index < -0.39 is 17.9 Å². The van der Waals surface area contributed by atoms with E-state index in [1.807, 2.05) is 44.2 Å². The minimum Gasteiger partial charge on any atom is -0.481 e. The van der Waals surface area contributed by atoms with Gasteiger partial charge in [-0.3, -0.25) is 14.4 Å². The Morgan fingerprint density at radius 2 is 1.84 bits per heavy atom. The number of ether oxygens (including phenoxy) is 2. The molecule has 2 heterocycles. The number of fused-ring (bicyclic) bond motifs is 1. The zero-order chi connectivity index (χ0) is 26.4. The summed E-state index contributed by atoms with van der Waals surface area (Å²) in [7, 11) is 0. The highest BCUT2D eigenvalue weighted by Gasteiger charge is 2.28. The molecule has 194 valence electrons. The van der Waals surface area contributed by atoms with E-state index in [1.165, 1.54) is 0 Å². The Hall–Kier alpha value is -4.07. The summed E-state index contributed by atoms with van der Waals surface area (Å²) in [6.07, 6.45) is 3.57. The van der Waals surface area contributed by atoms with Crippen molar-refractivity contribution in [2.75, 3.05) is 6.79 Å². The lowest BCUT2D eigenvalue weighted by Gasteiger charge is -2.23. The highest BCUT2D eigenvalue weighted by molar-refractivity contribution is 5.84. The maximum absolute atomic E-state index is 13.7. The molecule has 0 spiro atoms. The third-order valence-corrected chi connectivity index (χ3v) is 6.48. The molecule has 8 nitrogen and oxygen atoms in total. The van der Waals surface area contributed by atoms with Gasteiger partial charge in [0.25, 0.3) is 5.56 Å². The Morgan fingerprint density at radius 3 is 2.57 bits per heavy atom. The van der Waals surface area contributed by atoms with Gasteiger partial charge in [-0.25, -0.2) is 0 Å². The molecule has 8 heteroatoms. The fraction of sp³-hybridized carbons (Fsp3) is 0.345. The maximum atomic E-state index is 13.7. The molecule has 1 aliphatic heterocycles.